The Morgan fingerprint density at radius 3 is 2.31 bits per heavy atom. The second-order valence-electron chi connectivity index (χ2n) is 5.94. The van der Waals surface area contributed by atoms with Crippen molar-refractivity contribution in [2.75, 3.05) is 0 Å². The number of nitrogens with zero attached hydrogens (tertiary/aromatic N) is 2. The summed E-state index contributed by atoms with van der Waals surface area (Å²) in [4.78, 5) is 23.8. The number of carbonyl (C=O) groups excluding carboxylic acids is 1. The van der Waals surface area contributed by atoms with Crippen LogP contribution in [0, 0.1) is 6.92 Å². The average molecular weight is 349 g/mol. The lowest BCUT2D eigenvalue weighted by atomic mass is 10.1. The summed E-state index contributed by atoms with van der Waals surface area (Å²) in [5, 5.41) is 16.3. The van der Waals surface area contributed by atoms with Gasteiger partial charge in [-0.25, -0.2) is 4.79 Å². The Balaban J connectivity index is 1.73. The number of nitrogens with one attached hydrogen (secondary N) is 1. The Kier molecular flexibility index (Phi) is 5.12. The zero-order valence-electron chi connectivity index (χ0n) is 14.3. The number of carbonyl (C=O) groups is 2. The van der Waals surface area contributed by atoms with E-state index in [2.05, 4.69) is 10.4 Å². The maximum atomic E-state index is 12.3. The molecule has 0 radical (unpaired) electrons. The number of hydrogen-bond donors (Lipinski definition) is 2. The van der Waals surface area contributed by atoms with Crippen LogP contribution in [-0.4, -0.2) is 26.8 Å². The first kappa shape index (κ1) is 17.4. The molecular weight excluding hydrogens is 330 g/mol. The molecule has 0 saturated carbocycles. The summed E-state index contributed by atoms with van der Waals surface area (Å²) < 4.78 is 1.52. The topological polar surface area (TPSA) is 84.2 Å². The van der Waals surface area contributed by atoms with Crippen LogP contribution in [0.3, 0.4) is 0 Å². The summed E-state index contributed by atoms with van der Waals surface area (Å²) in [6.07, 6.45) is 1.79. The normalized spacial score (nSPS) is 11.7. The Bertz CT molecular complexity index is 905. The number of amides is 1. The van der Waals surface area contributed by atoms with Crippen molar-refractivity contribution in [1.82, 2.24) is 15.1 Å². The van der Waals surface area contributed by atoms with E-state index < -0.39 is 17.9 Å². The van der Waals surface area contributed by atoms with Crippen LogP contribution in [0.15, 0.2) is 66.9 Å². The van der Waals surface area contributed by atoms with E-state index in [-0.39, 0.29) is 6.54 Å². The van der Waals surface area contributed by atoms with Crippen molar-refractivity contribution in [2.45, 2.75) is 19.5 Å². The van der Waals surface area contributed by atoms with Crippen LogP contribution < -0.4 is 5.32 Å². The van der Waals surface area contributed by atoms with Crippen molar-refractivity contribution < 1.29 is 14.7 Å². The van der Waals surface area contributed by atoms with Gasteiger partial charge in [0.05, 0.1) is 5.69 Å². The number of rotatable bonds is 6. The SMILES string of the molecule is Cc1nn(CC(=O)N[C@@H](C(=O)O)c2ccccc2)cc1-c1ccccc1. The van der Waals surface area contributed by atoms with Crippen molar-refractivity contribution in [3.63, 3.8) is 0 Å². The Labute approximate surface area is 151 Å². The Morgan fingerprint density at radius 2 is 1.69 bits per heavy atom. The predicted octanol–water partition coefficient (Wildman–Crippen LogP) is 2.80. The molecule has 0 aliphatic heterocycles. The molecule has 0 aliphatic carbocycles. The molecule has 0 aliphatic rings. The van der Waals surface area contributed by atoms with E-state index in [1.54, 1.807) is 36.5 Å². The molecule has 0 fully saturated rings. The number of benzene rings is 2. The number of aliphatic carboxylic acids is 1. The van der Waals surface area contributed by atoms with Gasteiger partial charge in [0.2, 0.25) is 5.91 Å². The first-order valence-electron chi connectivity index (χ1n) is 8.21. The third-order valence-corrected chi connectivity index (χ3v) is 4.02. The summed E-state index contributed by atoms with van der Waals surface area (Å²) in [6, 6.07) is 17.3. The molecule has 0 unspecified atom stereocenters. The second-order valence-corrected chi connectivity index (χ2v) is 5.94. The molecule has 26 heavy (non-hydrogen) atoms. The highest BCUT2D eigenvalue weighted by molar-refractivity contribution is 5.84. The highest BCUT2D eigenvalue weighted by Crippen LogP contribution is 2.22. The summed E-state index contributed by atoms with van der Waals surface area (Å²) in [6.45, 7) is 1.82. The molecule has 2 aromatic carbocycles. The predicted molar refractivity (Wildman–Crippen MR) is 97.4 cm³/mol. The van der Waals surface area contributed by atoms with Crippen molar-refractivity contribution >= 4 is 11.9 Å². The minimum absolute atomic E-state index is 0.0513. The van der Waals surface area contributed by atoms with Gasteiger partial charge in [0.25, 0.3) is 0 Å². The Hall–Kier alpha value is -3.41. The van der Waals surface area contributed by atoms with Crippen LogP contribution in [0.2, 0.25) is 0 Å². The molecule has 2 N–H and O–H groups in total. The molecule has 132 valence electrons. The first-order valence-corrected chi connectivity index (χ1v) is 8.21. The molecule has 3 aromatic rings. The number of hydrogen-bond acceptors (Lipinski definition) is 3. The number of carboxylic acid groups (broad SMARTS) is 1. The number of carboxylic acids is 1. The van der Waals surface area contributed by atoms with Crippen LogP contribution >= 0.6 is 0 Å². The molecule has 1 atom stereocenters. The van der Waals surface area contributed by atoms with Crippen LogP contribution in [0.5, 0.6) is 0 Å². The maximum absolute atomic E-state index is 12.3. The zero-order chi connectivity index (χ0) is 18.5. The molecular formula is C20H19N3O3. The van der Waals surface area contributed by atoms with Gasteiger partial charge >= 0.3 is 5.97 Å². The minimum atomic E-state index is -1.11. The summed E-state index contributed by atoms with van der Waals surface area (Å²) in [5.41, 5.74) is 3.29. The molecule has 3 rings (SSSR count). The average Bonchev–Trinajstić information content (AvgIpc) is 3.01. The van der Waals surface area contributed by atoms with Gasteiger partial charge in [0.1, 0.15) is 6.54 Å². The van der Waals surface area contributed by atoms with Crippen LogP contribution in [0.25, 0.3) is 11.1 Å². The number of aromatic nitrogens is 2. The third-order valence-electron chi connectivity index (χ3n) is 4.02. The van der Waals surface area contributed by atoms with Crippen LogP contribution in [0.1, 0.15) is 17.3 Å². The first-order chi connectivity index (χ1) is 12.5. The molecule has 6 heteroatoms. The van der Waals surface area contributed by atoms with E-state index in [4.69, 9.17) is 0 Å². The maximum Gasteiger partial charge on any atom is 0.330 e. The van der Waals surface area contributed by atoms with Crippen molar-refractivity contribution in [3.05, 3.63) is 78.1 Å². The molecule has 1 aromatic heterocycles. The van der Waals surface area contributed by atoms with Crippen molar-refractivity contribution in [2.24, 2.45) is 0 Å². The standard InChI is InChI=1S/C20H19N3O3/c1-14-17(15-8-4-2-5-9-15)12-23(22-14)13-18(24)21-19(20(25)26)16-10-6-3-7-11-16/h2-12,19H,13H2,1H3,(H,21,24)(H,25,26)/t19-/m1/s1. The van der Waals surface area contributed by atoms with Gasteiger partial charge in [0.15, 0.2) is 6.04 Å². The van der Waals surface area contributed by atoms with Gasteiger partial charge in [-0.3, -0.25) is 9.48 Å². The summed E-state index contributed by atoms with van der Waals surface area (Å²) >= 11 is 0. The largest absolute Gasteiger partial charge is 0.479 e. The van der Waals surface area contributed by atoms with Gasteiger partial charge in [-0.05, 0) is 18.1 Å². The molecule has 6 nitrogen and oxygen atoms in total. The van der Waals surface area contributed by atoms with Crippen molar-refractivity contribution in [3.8, 4) is 11.1 Å². The Morgan fingerprint density at radius 1 is 1.08 bits per heavy atom. The summed E-state index contributed by atoms with van der Waals surface area (Å²) in [5.74, 6) is -1.52. The number of aryl methyl sites for hydroxylation is 1. The molecule has 1 heterocycles. The molecule has 0 bridgehead atoms. The van der Waals surface area contributed by atoms with Crippen molar-refractivity contribution in [1.29, 1.82) is 0 Å². The lowest BCUT2D eigenvalue weighted by molar-refractivity contribution is -0.142. The van der Waals surface area contributed by atoms with E-state index in [0.29, 0.717) is 5.56 Å². The smallest absolute Gasteiger partial charge is 0.330 e. The fourth-order valence-corrected chi connectivity index (χ4v) is 2.79. The lowest BCUT2D eigenvalue weighted by Gasteiger charge is -2.14. The van der Waals surface area contributed by atoms with E-state index in [9.17, 15) is 14.7 Å². The van der Waals surface area contributed by atoms with Gasteiger partial charge in [-0.1, -0.05) is 60.7 Å². The quantitative estimate of drug-likeness (QED) is 0.717. The summed E-state index contributed by atoms with van der Waals surface area (Å²) in [7, 11) is 0. The highest BCUT2D eigenvalue weighted by atomic mass is 16.4. The third kappa shape index (κ3) is 3.97. The molecule has 0 spiro atoms. The lowest BCUT2D eigenvalue weighted by Crippen LogP contribution is -2.36. The van der Waals surface area contributed by atoms with Gasteiger partial charge in [-0.2, -0.15) is 5.10 Å². The minimum Gasteiger partial charge on any atom is -0.479 e. The monoisotopic (exact) mass is 349 g/mol. The van der Waals surface area contributed by atoms with Gasteiger partial charge < -0.3 is 10.4 Å². The highest BCUT2D eigenvalue weighted by Gasteiger charge is 2.22. The zero-order valence-corrected chi connectivity index (χ0v) is 14.3. The fourth-order valence-electron chi connectivity index (χ4n) is 2.79. The van der Waals surface area contributed by atoms with E-state index >= 15 is 0 Å². The second kappa shape index (κ2) is 7.65. The van der Waals surface area contributed by atoms with E-state index in [1.165, 1.54) is 4.68 Å². The fraction of sp³-hybridized carbons (Fsp3) is 0.150. The van der Waals surface area contributed by atoms with E-state index in [1.807, 2.05) is 37.3 Å². The van der Waals surface area contributed by atoms with Crippen LogP contribution in [0.4, 0.5) is 0 Å². The molecule has 0 saturated heterocycles. The van der Waals surface area contributed by atoms with Gasteiger partial charge in [-0.15, -0.1) is 0 Å². The van der Waals surface area contributed by atoms with Gasteiger partial charge in [0, 0.05) is 11.8 Å². The van der Waals surface area contributed by atoms with Crippen LogP contribution in [-0.2, 0) is 16.1 Å². The van der Waals surface area contributed by atoms with E-state index in [0.717, 1.165) is 16.8 Å². The molecule has 1 amide bonds.